The van der Waals surface area contributed by atoms with Crippen LogP contribution in [0, 0.1) is 0 Å². The second-order valence-electron chi connectivity index (χ2n) is 2.14. The molecule has 1 aliphatic rings. The van der Waals surface area contributed by atoms with Gasteiger partial charge in [-0.15, -0.1) is 0 Å². The highest BCUT2D eigenvalue weighted by Gasteiger charge is 2.13. The molecule has 0 saturated heterocycles. The fraction of sp³-hybridized carbons (Fsp3) is 0.571. The summed E-state index contributed by atoms with van der Waals surface area (Å²) in [5.41, 5.74) is 0. The van der Waals surface area contributed by atoms with Crippen molar-refractivity contribution in [1.29, 1.82) is 0 Å². The van der Waals surface area contributed by atoms with Crippen molar-refractivity contribution in [2.45, 2.75) is 25.9 Å². The van der Waals surface area contributed by atoms with Crippen molar-refractivity contribution >= 4 is 5.78 Å². The zero-order chi connectivity index (χ0) is 6.69. The quantitative estimate of drug-likeness (QED) is 0.528. The van der Waals surface area contributed by atoms with Crippen molar-refractivity contribution in [2.75, 3.05) is 0 Å². The Morgan fingerprint density at radius 1 is 1.89 bits per heavy atom. The number of hydrogen-bond donors (Lipinski definition) is 0. The van der Waals surface area contributed by atoms with Crippen LogP contribution in [-0.4, -0.2) is 11.9 Å². The molecular weight excluding hydrogens is 116 g/mol. The van der Waals surface area contributed by atoms with Gasteiger partial charge in [0.1, 0.15) is 6.10 Å². The second-order valence-corrected chi connectivity index (χ2v) is 2.14. The minimum atomic E-state index is 0.127. The summed E-state index contributed by atoms with van der Waals surface area (Å²) in [4.78, 5) is 10.7. The predicted molar refractivity (Wildman–Crippen MR) is 33.9 cm³/mol. The van der Waals surface area contributed by atoms with Gasteiger partial charge < -0.3 is 4.74 Å². The van der Waals surface area contributed by atoms with Crippen molar-refractivity contribution in [3.63, 3.8) is 0 Å². The highest BCUT2D eigenvalue weighted by atomic mass is 16.5. The van der Waals surface area contributed by atoms with Crippen LogP contribution in [0.5, 0.6) is 0 Å². The molecular formula is C7H10O2. The highest BCUT2D eigenvalue weighted by Crippen LogP contribution is 2.09. The number of carbonyl (C=O) groups excluding carboxylic acids is 1. The minimum Gasteiger partial charge on any atom is -0.497 e. The zero-order valence-corrected chi connectivity index (χ0v) is 5.46. The molecule has 1 atom stereocenters. The third-order valence-corrected chi connectivity index (χ3v) is 1.41. The van der Waals surface area contributed by atoms with E-state index >= 15 is 0 Å². The number of rotatable bonds is 1. The molecule has 0 unspecified atom stereocenters. The van der Waals surface area contributed by atoms with Gasteiger partial charge in [-0.3, -0.25) is 4.79 Å². The molecule has 0 aromatic carbocycles. The Kier molecular flexibility index (Phi) is 1.88. The maximum Gasteiger partial charge on any atom is 0.162 e. The van der Waals surface area contributed by atoms with Gasteiger partial charge in [0, 0.05) is 12.5 Å². The summed E-state index contributed by atoms with van der Waals surface area (Å²) in [7, 11) is 0. The van der Waals surface area contributed by atoms with E-state index in [-0.39, 0.29) is 11.9 Å². The van der Waals surface area contributed by atoms with Gasteiger partial charge in [-0.1, -0.05) is 6.92 Å². The molecule has 0 saturated carbocycles. The lowest BCUT2D eigenvalue weighted by Crippen LogP contribution is -2.16. The molecule has 0 amide bonds. The normalized spacial score (nSPS) is 25.9. The van der Waals surface area contributed by atoms with Crippen LogP contribution in [0.15, 0.2) is 12.3 Å². The third-order valence-electron chi connectivity index (χ3n) is 1.41. The number of carbonyl (C=O) groups is 1. The summed E-state index contributed by atoms with van der Waals surface area (Å²) in [6, 6.07) is 0. The van der Waals surface area contributed by atoms with E-state index in [0.717, 1.165) is 6.42 Å². The number of allylic oxidation sites excluding steroid dienone is 1. The summed E-state index contributed by atoms with van der Waals surface area (Å²) in [6.45, 7) is 2.01. The van der Waals surface area contributed by atoms with Crippen LogP contribution in [0.2, 0.25) is 0 Å². The molecule has 1 aliphatic heterocycles. The summed E-state index contributed by atoms with van der Waals surface area (Å²) in [6.07, 6.45) is 4.55. The van der Waals surface area contributed by atoms with Gasteiger partial charge in [-0.05, 0) is 6.42 Å². The Balaban J connectivity index is 2.47. The van der Waals surface area contributed by atoms with E-state index in [1.54, 1.807) is 0 Å². The van der Waals surface area contributed by atoms with Crippen LogP contribution in [0.3, 0.4) is 0 Å². The molecule has 0 aliphatic carbocycles. The third kappa shape index (κ3) is 1.56. The van der Waals surface area contributed by atoms with E-state index < -0.39 is 0 Å². The van der Waals surface area contributed by atoms with Gasteiger partial charge in [0.25, 0.3) is 0 Å². The summed E-state index contributed by atoms with van der Waals surface area (Å²) >= 11 is 0. The van der Waals surface area contributed by atoms with E-state index in [0.29, 0.717) is 6.42 Å². The first-order chi connectivity index (χ1) is 4.33. The first kappa shape index (κ1) is 6.33. The summed E-state index contributed by atoms with van der Waals surface area (Å²) < 4.78 is 5.10. The molecule has 1 heterocycles. The van der Waals surface area contributed by atoms with Crippen molar-refractivity contribution in [3.05, 3.63) is 12.3 Å². The van der Waals surface area contributed by atoms with Crippen molar-refractivity contribution in [3.8, 4) is 0 Å². The molecule has 50 valence electrons. The molecule has 0 fully saturated rings. The summed E-state index contributed by atoms with van der Waals surface area (Å²) in [5, 5.41) is 0. The Labute approximate surface area is 54.5 Å². The van der Waals surface area contributed by atoms with E-state index in [4.69, 9.17) is 4.74 Å². The van der Waals surface area contributed by atoms with Gasteiger partial charge in [-0.25, -0.2) is 0 Å². The molecule has 0 aromatic rings. The maximum absolute atomic E-state index is 10.7. The van der Waals surface area contributed by atoms with Gasteiger partial charge in [-0.2, -0.15) is 0 Å². The molecule has 9 heavy (non-hydrogen) atoms. The average Bonchev–Trinajstić information content (AvgIpc) is 1.88. The van der Waals surface area contributed by atoms with Crippen LogP contribution in [-0.2, 0) is 9.53 Å². The van der Waals surface area contributed by atoms with Crippen LogP contribution in [0.25, 0.3) is 0 Å². The maximum atomic E-state index is 10.7. The van der Waals surface area contributed by atoms with E-state index in [1.165, 1.54) is 12.3 Å². The molecule has 0 bridgehead atoms. The van der Waals surface area contributed by atoms with Crippen LogP contribution >= 0.6 is 0 Å². The van der Waals surface area contributed by atoms with Crippen molar-refractivity contribution in [1.82, 2.24) is 0 Å². The second kappa shape index (κ2) is 2.67. The van der Waals surface area contributed by atoms with Crippen LogP contribution in [0.1, 0.15) is 19.8 Å². The Morgan fingerprint density at radius 2 is 2.67 bits per heavy atom. The van der Waals surface area contributed by atoms with E-state index in [9.17, 15) is 4.79 Å². The SMILES string of the molecule is CC[C@H]1CC(=O)C=CO1. The van der Waals surface area contributed by atoms with Gasteiger partial charge in [0.2, 0.25) is 0 Å². The molecule has 0 aromatic heterocycles. The van der Waals surface area contributed by atoms with Crippen LogP contribution in [0.4, 0.5) is 0 Å². The monoisotopic (exact) mass is 126 g/mol. The van der Waals surface area contributed by atoms with Crippen LogP contribution < -0.4 is 0 Å². The van der Waals surface area contributed by atoms with Gasteiger partial charge in [0.05, 0.1) is 6.26 Å². The molecule has 0 spiro atoms. The van der Waals surface area contributed by atoms with E-state index in [2.05, 4.69) is 0 Å². The first-order valence-electron chi connectivity index (χ1n) is 3.17. The lowest BCUT2D eigenvalue weighted by Gasteiger charge is -2.15. The van der Waals surface area contributed by atoms with Crippen molar-refractivity contribution in [2.24, 2.45) is 0 Å². The lowest BCUT2D eigenvalue weighted by atomic mass is 10.1. The lowest BCUT2D eigenvalue weighted by molar-refractivity contribution is -0.118. The number of ketones is 1. The standard InChI is InChI=1S/C7H10O2/c1-2-7-5-6(8)3-4-9-7/h3-4,7H,2,5H2,1H3/t7-/m0/s1. The molecule has 2 nitrogen and oxygen atoms in total. The highest BCUT2D eigenvalue weighted by molar-refractivity contribution is 5.90. The predicted octanol–water partition coefficient (Wildman–Crippen LogP) is 1.27. The van der Waals surface area contributed by atoms with Gasteiger partial charge >= 0.3 is 0 Å². The van der Waals surface area contributed by atoms with Crippen molar-refractivity contribution < 1.29 is 9.53 Å². The topological polar surface area (TPSA) is 26.3 Å². The Morgan fingerprint density at radius 3 is 3.11 bits per heavy atom. The smallest absolute Gasteiger partial charge is 0.162 e. The van der Waals surface area contributed by atoms with E-state index in [1.807, 2.05) is 6.92 Å². The number of hydrogen-bond acceptors (Lipinski definition) is 2. The summed E-state index contributed by atoms with van der Waals surface area (Å²) in [5.74, 6) is 0.174. The van der Waals surface area contributed by atoms with Gasteiger partial charge in [0.15, 0.2) is 5.78 Å². The molecule has 0 N–H and O–H groups in total. The fourth-order valence-corrected chi connectivity index (χ4v) is 0.807. The fourth-order valence-electron chi connectivity index (χ4n) is 0.807. The molecule has 0 radical (unpaired) electrons. The first-order valence-corrected chi connectivity index (χ1v) is 3.17. The largest absolute Gasteiger partial charge is 0.497 e. The zero-order valence-electron chi connectivity index (χ0n) is 5.46. The minimum absolute atomic E-state index is 0.127. The number of ether oxygens (including phenoxy) is 1. The Hall–Kier alpha value is -0.790. The molecule has 1 rings (SSSR count). The Bertz CT molecular complexity index is 138. The molecule has 2 heteroatoms. The average molecular weight is 126 g/mol.